The maximum atomic E-state index is 12.5. The molecule has 0 fully saturated rings. The number of benzene rings is 1. The summed E-state index contributed by atoms with van der Waals surface area (Å²) < 4.78 is 0. The van der Waals surface area contributed by atoms with Crippen LogP contribution in [-0.2, 0) is 4.79 Å². The number of carbonyl (C=O) groups excluding carboxylic acids is 1. The van der Waals surface area contributed by atoms with Gasteiger partial charge in [0.05, 0.1) is 4.88 Å². The highest BCUT2D eigenvalue weighted by atomic mass is 32.1. The molecule has 2 rings (SSSR count). The van der Waals surface area contributed by atoms with Crippen molar-refractivity contribution in [2.24, 2.45) is 0 Å². The number of carbonyl (C=O) groups is 2. The summed E-state index contributed by atoms with van der Waals surface area (Å²) in [5, 5.41) is 18.3. The molecule has 21 heavy (non-hydrogen) atoms. The SMILES string of the molecule is Cc1cc(C(=O)N(CC(=O)O)c2ccc(O)cc2)sc1C. The highest BCUT2D eigenvalue weighted by Crippen LogP contribution is 2.25. The number of amides is 1. The number of anilines is 1. The number of phenolic OH excluding ortho intramolecular Hbond substituents is 1. The van der Waals surface area contributed by atoms with Crippen LogP contribution in [-0.4, -0.2) is 28.6 Å². The van der Waals surface area contributed by atoms with Gasteiger partial charge in [0.1, 0.15) is 12.3 Å². The minimum atomic E-state index is -1.10. The Balaban J connectivity index is 2.37. The van der Waals surface area contributed by atoms with Gasteiger partial charge in [0, 0.05) is 10.6 Å². The van der Waals surface area contributed by atoms with E-state index in [2.05, 4.69) is 0 Å². The molecule has 0 spiro atoms. The first-order valence-electron chi connectivity index (χ1n) is 6.28. The minimum Gasteiger partial charge on any atom is -0.508 e. The van der Waals surface area contributed by atoms with Crippen LogP contribution in [0.5, 0.6) is 5.75 Å². The van der Waals surface area contributed by atoms with Crippen LogP contribution >= 0.6 is 11.3 Å². The Morgan fingerprint density at radius 2 is 1.81 bits per heavy atom. The van der Waals surface area contributed by atoms with Crippen molar-refractivity contribution in [3.05, 3.63) is 45.6 Å². The standard InChI is InChI=1S/C15H15NO4S/c1-9-7-13(21-10(9)2)15(20)16(8-14(18)19)11-3-5-12(17)6-4-11/h3-7,17H,8H2,1-2H3,(H,18,19). The molecule has 0 atom stereocenters. The maximum Gasteiger partial charge on any atom is 0.323 e. The molecule has 6 heteroatoms. The molecular formula is C15H15NO4S. The molecule has 1 aromatic carbocycles. The molecule has 0 aliphatic rings. The Bertz CT molecular complexity index is 656. The van der Waals surface area contributed by atoms with Crippen molar-refractivity contribution in [1.29, 1.82) is 0 Å². The highest BCUT2D eigenvalue weighted by molar-refractivity contribution is 7.14. The monoisotopic (exact) mass is 305 g/mol. The van der Waals surface area contributed by atoms with Crippen molar-refractivity contribution in [2.75, 3.05) is 11.4 Å². The predicted octanol–water partition coefficient (Wildman–Crippen LogP) is 2.80. The molecule has 0 aliphatic carbocycles. The average Bonchev–Trinajstić information content (AvgIpc) is 2.76. The second-order valence-electron chi connectivity index (χ2n) is 4.65. The minimum absolute atomic E-state index is 0.0595. The highest BCUT2D eigenvalue weighted by Gasteiger charge is 2.22. The Hall–Kier alpha value is -2.34. The third-order valence-corrected chi connectivity index (χ3v) is 4.22. The Morgan fingerprint density at radius 1 is 1.19 bits per heavy atom. The van der Waals surface area contributed by atoms with Gasteiger partial charge in [0.2, 0.25) is 0 Å². The number of aryl methyl sites for hydroxylation is 2. The van der Waals surface area contributed by atoms with Gasteiger partial charge >= 0.3 is 5.97 Å². The van der Waals surface area contributed by atoms with Crippen molar-refractivity contribution >= 4 is 28.9 Å². The van der Waals surface area contributed by atoms with Crippen LogP contribution in [0.3, 0.4) is 0 Å². The number of hydrogen-bond donors (Lipinski definition) is 2. The summed E-state index contributed by atoms with van der Waals surface area (Å²) in [5.74, 6) is -1.39. The second kappa shape index (κ2) is 5.97. The Labute approximate surface area is 126 Å². The maximum absolute atomic E-state index is 12.5. The summed E-state index contributed by atoms with van der Waals surface area (Å²) in [5.41, 5.74) is 1.44. The summed E-state index contributed by atoms with van der Waals surface area (Å²) in [6.07, 6.45) is 0. The van der Waals surface area contributed by atoms with E-state index in [4.69, 9.17) is 5.11 Å². The number of nitrogens with zero attached hydrogens (tertiary/aromatic N) is 1. The third-order valence-electron chi connectivity index (χ3n) is 3.08. The first-order chi connectivity index (χ1) is 9.88. The van der Waals surface area contributed by atoms with Gasteiger partial charge in [0.25, 0.3) is 5.91 Å². The average molecular weight is 305 g/mol. The quantitative estimate of drug-likeness (QED) is 0.910. The molecule has 0 radical (unpaired) electrons. The zero-order chi connectivity index (χ0) is 15.6. The van der Waals surface area contributed by atoms with E-state index in [0.29, 0.717) is 10.6 Å². The topological polar surface area (TPSA) is 77.8 Å². The first kappa shape index (κ1) is 15.1. The number of carboxylic acids is 1. The van der Waals surface area contributed by atoms with Gasteiger partial charge in [-0.2, -0.15) is 0 Å². The molecule has 1 aromatic heterocycles. The summed E-state index contributed by atoms with van der Waals surface area (Å²) >= 11 is 1.34. The van der Waals surface area contributed by atoms with Crippen LogP contribution in [0.4, 0.5) is 5.69 Å². The van der Waals surface area contributed by atoms with E-state index in [1.165, 1.54) is 40.5 Å². The number of aliphatic carboxylic acids is 1. The lowest BCUT2D eigenvalue weighted by atomic mass is 10.2. The second-order valence-corrected chi connectivity index (χ2v) is 5.91. The molecule has 1 amide bonds. The number of hydrogen-bond acceptors (Lipinski definition) is 4. The molecule has 0 bridgehead atoms. The van der Waals surface area contributed by atoms with Crippen LogP contribution in [0, 0.1) is 13.8 Å². The molecule has 1 heterocycles. The van der Waals surface area contributed by atoms with Crippen LogP contribution < -0.4 is 4.90 Å². The van der Waals surface area contributed by atoms with Gasteiger partial charge in [-0.3, -0.25) is 14.5 Å². The number of rotatable bonds is 4. The van der Waals surface area contributed by atoms with Gasteiger partial charge in [0.15, 0.2) is 0 Å². The lowest BCUT2D eigenvalue weighted by Gasteiger charge is -2.20. The van der Waals surface area contributed by atoms with E-state index in [1.807, 2.05) is 13.8 Å². The van der Waals surface area contributed by atoms with Crippen LogP contribution in [0.25, 0.3) is 0 Å². The summed E-state index contributed by atoms with van der Waals surface area (Å²) in [6, 6.07) is 7.63. The lowest BCUT2D eigenvalue weighted by Crippen LogP contribution is -2.35. The normalized spacial score (nSPS) is 10.4. The van der Waals surface area contributed by atoms with E-state index in [-0.39, 0.29) is 11.7 Å². The largest absolute Gasteiger partial charge is 0.508 e. The van der Waals surface area contributed by atoms with Crippen molar-refractivity contribution in [2.45, 2.75) is 13.8 Å². The van der Waals surface area contributed by atoms with Crippen molar-refractivity contribution in [3.63, 3.8) is 0 Å². The third kappa shape index (κ3) is 3.41. The van der Waals surface area contributed by atoms with Gasteiger partial charge in [-0.15, -0.1) is 11.3 Å². The summed E-state index contributed by atoms with van der Waals surface area (Å²) in [6.45, 7) is 3.39. The van der Waals surface area contributed by atoms with Gasteiger partial charge in [-0.05, 0) is 49.7 Å². The van der Waals surface area contributed by atoms with Crippen molar-refractivity contribution < 1.29 is 19.8 Å². The van der Waals surface area contributed by atoms with E-state index in [1.54, 1.807) is 6.07 Å². The zero-order valence-electron chi connectivity index (χ0n) is 11.7. The molecular weight excluding hydrogens is 290 g/mol. The molecule has 0 saturated carbocycles. The fourth-order valence-electron chi connectivity index (χ4n) is 1.86. The van der Waals surface area contributed by atoms with Crippen LogP contribution in [0.2, 0.25) is 0 Å². The molecule has 5 nitrogen and oxygen atoms in total. The van der Waals surface area contributed by atoms with Crippen molar-refractivity contribution in [1.82, 2.24) is 0 Å². The summed E-state index contributed by atoms with van der Waals surface area (Å²) in [7, 11) is 0. The Kier molecular flexibility index (Phi) is 4.28. The Morgan fingerprint density at radius 3 is 2.29 bits per heavy atom. The van der Waals surface area contributed by atoms with Gasteiger partial charge in [-0.25, -0.2) is 0 Å². The fraction of sp³-hybridized carbons (Fsp3) is 0.200. The molecule has 110 valence electrons. The molecule has 0 aliphatic heterocycles. The van der Waals surface area contributed by atoms with E-state index < -0.39 is 12.5 Å². The zero-order valence-corrected chi connectivity index (χ0v) is 12.5. The fourth-order valence-corrected chi connectivity index (χ4v) is 2.84. The number of carboxylic acid groups (broad SMARTS) is 1. The van der Waals surface area contributed by atoms with E-state index >= 15 is 0 Å². The number of aromatic hydroxyl groups is 1. The van der Waals surface area contributed by atoms with Crippen molar-refractivity contribution in [3.8, 4) is 5.75 Å². The smallest absolute Gasteiger partial charge is 0.323 e. The van der Waals surface area contributed by atoms with Crippen LogP contribution in [0.1, 0.15) is 20.1 Å². The molecule has 2 aromatic rings. The predicted molar refractivity (Wildman–Crippen MR) is 81.2 cm³/mol. The van der Waals surface area contributed by atoms with Gasteiger partial charge < -0.3 is 10.2 Å². The first-order valence-corrected chi connectivity index (χ1v) is 7.10. The lowest BCUT2D eigenvalue weighted by molar-refractivity contribution is -0.135. The molecule has 0 unspecified atom stereocenters. The van der Waals surface area contributed by atoms with Gasteiger partial charge in [-0.1, -0.05) is 0 Å². The summed E-state index contributed by atoms with van der Waals surface area (Å²) in [4.78, 5) is 26.3. The van der Waals surface area contributed by atoms with Crippen LogP contribution in [0.15, 0.2) is 30.3 Å². The number of phenols is 1. The molecule has 0 saturated heterocycles. The van der Waals surface area contributed by atoms with E-state index in [0.717, 1.165) is 10.4 Å². The molecule has 2 N–H and O–H groups in total. The van der Waals surface area contributed by atoms with E-state index in [9.17, 15) is 14.7 Å². The number of thiophene rings is 1.